The summed E-state index contributed by atoms with van der Waals surface area (Å²) >= 11 is 3.54. The van der Waals surface area contributed by atoms with E-state index in [4.69, 9.17) is 4.42 Å². The van der Waals surface area contributed by atoms with Gasteiger partial charge < -0.3 is 4.42 Å². The molecule has 0 aliphatic carbocycles. The number of rotatable bonds is 1. The van der Waals surface area contributed by atoms with Crippen LogP contribution < -0.4 is 0 Å². The molecule has 0 fully saturated rings. The molecule has 1 heterocycles. The second kappa shape index (κ2) is 4.74. The highest BCUT2D eigenvalue weighted by Gasteiger charge is 2.12. The van der Waals surface area contributed by atoms with Crippen molar-refractivity contribution in [3.05, 3.63) is 70.7 Å². The minimum Gasteiger partial charge on any atom is -0.455 e. The fourth-order valence-electron chi connectivity index (χ4n) is 2.79. The number of halogens is 1. The van der Waals surface area contributed by atoms with Crippen molar-refractivity contribution < 1.29 is 4.42 Å². The van der Waals surface area contributed by atoms with Crippen LogP contribution in [-0.2, 0) is 0 Å². The van der Waals surface area contributed by atoms with E-state index in [-0.39, 0.29) is 0 Å². The third kappa shape index (κ3) is 2.07. The fraction of sp³-hybridized carbons (Fsp3) is 0.0526. The molecule has 0 N–H and O–H groups in total. The van der Waals surface area contributed by atoms with E-state index in [1.807, 2.05) is 12.1 Å². The summed E-state index contributed by atoms with van der Waals surface area (Å²) in [6, 6.07) is 21.0. The molecule has 102 valence electrons. The first-order valence-electron chi connectivity index (χ1n) is 6.90. The number of hydrogen-bond acceptors (Lipinski definition) is 1. The molecule has 0 amide bonds. The smallest absolute Gasteiger partial charge is 0.143 e. The second-order valence-corrected chi connectivity index (χ2v) is 6.21. The van der Waals surface area contributed by atoms with E-state index < -0.39 is 0 Å². The molecule has 21 heavy (non-hydrogen) atoms. The molecule has 0 spiro atoms. The Kier molecular flexibility index (Phi) is 2.86. The Hall–Kier alpha value is -2.06. The van der Waals surface area contributed by atoms with Crippen molar-refractivity contribution >= 4 is 37.9 Å². The molecule has 1 nitrogen and oxygen atoms in total. The van der Waals surface area contributed by atoms with Gasteiger partial charge in [0.2, 0.25) is 0 Å². The Morgan fingerprint density at radius 2 is 1.71 bits per heavy atom. The van der Waals surface area contributed by atoms with Crippen molar-refractivity contribution in [3.63, 3.8) is 0 Å². The van der Waals surface area contributed by atoms with Gasteiger partial charge in [-0.25, -0.2) is 0 Å². The van der Waals surface area contributed by atoms with E-state index >= 15 is 0 Å². The molecule has 0 saturated heterocycles. The summed E-state index contributed by atoms with van der Waals surface area (Å²) in [6.45, 7) is 2.09. The van der Waals surface area contributed by atoms with E-state index in [9.17, 15) is 0 Å². The highest BCUT2D eigenvalue weighted by molar-refractivity contribution is 9.10. The van der Waals surface area contributed by atoms with Crippen molar-refractivity contribution in [1.82, 2.24) is 0 Å². The standard InChI is InChI=1S/C19H13BrO/c1-12-8-9-16-17-7-3-6-15(19(17)21-18(16)10-12)13-4-2-5-14(20)11-13/h2-11H,1H3. The number of hydrogen-bond donors (Lipinski definition) is 0. The first kappa shape index (κ1) is 12.7. The summed E-state index contributed by atoms with van der Waals surface area (Å²) in [5.41, 5.74) is 5.41. The lowest BCUT2D eigenvalue weighted by Gasteiger charge is -2.03. The van der Waals surface area contributed by atoms with Crippen molar-refractivity contribution in [1.29, 1.82) is 0 Å². The summed E-state index contributed by atoms with van der Waals surface area (Å²) in [4.78, 5) is 0. The van der Waals surface area contributed by atoms with Crippen molar-refractivity contribution in [3.8, 4) is 11.1 Å². The predicted octanol–water partition coefficient (Wildman–Crippen LogP) is 6.32. The third-order valence-electron chi connectivity index (χ3n) is 3.79. The van der Waals surface area contributed by atoms with Gasteiger partial charge in [0.25, 0.3) is 0 Å². The molecule has 0 atom stereocenters. The van der Waals surface area contributed by atoms with E-state index in [0.29, 0.717) is 0 Å². The summed E-state index contributed by atoms with van der Waals surface area (Å²) in [5.74, 6) is 0. The SMILES string of the molecule is Cc1ccc2c(c1)oc1c(-c3cccc(Br)c3)cccc12. The maximum Gasteiger partial charge on any atom is 0.143 e. The van der Waals surface area contributed by atoms with Crippen molar-refractivity contribution in [2.75, 3.05) is 0 Å². The van der Waals surface area contributed by atoms with Gasteiger partial charge in [0, 0.05) is 20.8 Å². The van der Waals surface area contributed by atoms with Crippen molar-refractivity contribution in [2.45, 2.75) is 6.92 Å². The predicted molar refractivity (Wildman–Crippen MR) is 91.6 cm³/mol. The van der Waals surface area contributed by atoms with Crippen LogP contribution >= 0.6 is 15.9 Å². The van der Waals surface area contributed by atoms with Crippen LogP contribution in [0.1, 0.15) is 5.56 Å². The Bertz CT molecular complexity index is 966. The Labute approximate surface area is 131 Å². The molecule has 1 aromatic heterocycles. The quantitative estimate of drug-likeness (QED) is 0.396. The van der Waals surface area contributed by atoms with Gasteiger partial charge in [0.05, 0.1) is 0 Å². The van der Waals surface area contributed by atoms with Crippen molar-refractivity contribution in [2.24, 2.45) is 0 Å². The molecule has 0 bridgehead atoms. The number of para-hydroxylation sites is 1. The Morgan fingerprint density at radius 1 is 0.857 bits per heavy atom. The number of aryl methyl sites for hydroxylation is 1. The molecular formula is C19H13BrO. The van der Waals surface area contributed by atoms with Crippen LogP contribution in [0.5, 0.6) is 0 Å². The first-order valence-corrected chi connectivity index (χ1v) is 7.69. The zero-order valence-electron chi connectivity index (χ0n) is 11.6. The molecule has 0 saturated carbocycles. The van der Waals surface area contributed by atoms with Crippen LogP contribution in [0.3, 0.4) is 0 Å². The van der Waals surface area contributed by atoms with Crippen LogP contribution in [0.2, 0.25) is 0 Å². The Balaban J connectivity index is 2.08. The normalized spacial score (nSPS) is 11.3. The minimum atomic E-state index is 0.951. The van der Waals surface area contributed by atoms with Gasteiger partial charge in [-0.3, -0.25) is 0 Å². The minimum absolute atomic E-state index is 0.951. The first-order chi connectivity index (χ1) is 10.2. The monoisotopic (exact) mass is 336 g/mol. The maximum atomic E-state index is 6.14. The molecule has 3 aromatic carbocycles. The lowest BCUT2D eigenvalue weighted by molar-refractivity contribution is 0.669. The lowest BCUT2D eigenvalue weighted by Crippen LogP contribution is -1.78. The van der Waals surface area contributed by atoms with Gasteiger partial charge in [-0.1, -0.05) is 58.4 Å². The third-order valence-corrected chi connectivity index (χ3v) is 4.28. The van der Waals surface area contributed by atoms with Gasteiger partial charge in [-0.05, 0) is 36.2 Å². The number of furan rings is 1. The van der Waals surface area contributed by atoms with Gasteiger partial charge >= 0.3 is 0 Å². The molecule has 0 aliphatic rings. The fourth-order valence-corrected chi connectivity index (χ4v) is 3.19. The van der Waals surface area contributed by atoms with Crippen LogP contribution in [0.4, 0.5) is 0 Å². The van der Waals surface area contributed by atoms with E-state index in [2.05, 4.69) is 71.4 Å². The van der Waals surface area contributed by atoms with Crippen LogP contribution in [0, 0.1) is 6.92 Å². The molecule has 0 aliphatic heterocycles. The van der Waals surface area contributed by atoms with Gasteiger partial charge in [0.1, 0.15) is 11.2 Å². The average molecular weight is 337 g/mol. The average Bonchev–Trinajstić information content (AvgIpc) is 2.84. The van der Waals surface area contributed by atoms with Crippen LogP contribution in [-0.4, -0.2) is 0 Å². The van der Waals surface area contributed by atoms with E-state index in [1.54, 1.807) is 0 Å². The van der Waals surface area contributed by atoms with Gasteiger partial charge in [-0.15, -0.1) is 0 Å². The number of benzene rings is 3. The molecule has 0 unspecified atom stereocenters. The zero-order chi connectivity index (χ0) is 14.4. The summed E-state index contributed by atoms with van der Waals surface area (Å²) in [6.07, 6.45) is 0. The Morgan fingerprint density at radius 3 is 2.57 bits per heavy atom. The highest BCUT2D eigenvalue weighted by atomic mass is 79.9. The topological polar surface area (TPSA) is 13.1 Å². The maximum absolute atomic E-state index is 6.14. The van der Waals surface area contributed by atoms with Gasteiger partial charge in [-0.2, -0.15) is 0 Å². The van der Waals surface area contributed by atoms with Gasteiger partial charge in [0.15, 0.2) is 0 Å². The lowest BCUT2D eigenvalue weighted by atomic mass is 10.0. The number of fused-ring (bicyclic) bond motifs is 3. The molecular weight excluding hydrogens is 324 g/mol. The largest absolute Gasteiger partial charge is 0.455 e. The highest BCUT2D eigenvalue weighted by Crippen LogP contribution is 2.36. The molecule has 2 heteroatoms. The second-order valence-electron chi connectivity index (χ2n) is 5.29. The zero-order valence-corrected chi connectivity index (χ0v) is 13.1. The molecule has 0 radical (unpaired) electrons. The van der Waals surface area contributed by atoms with E-state index in [1.165, 1.54) is 16.3 Å². The summed E-state index contributed by atoms with van der Waals surface area (Å²) in [7, 11) is 0. The summed E-state index contributed by atoms with van der Waals surface area (Å²) in [5, 5.41) is 2.34. The van der Waals surface area contributed by atoms with Crippen LogP contribution in [0.15, 0.2) is 69.6 Å². The van der Waals surface area contributed by atoms with E-state index in [0.717, 1.165) is 26.8 Å². The molecule has 4 aromatic rings. The van der Waals surface area contributed by atoms with Crippen LogP contribution in [0.25, 0.3) is 33.1 Å². The molecule has 4 rings (SSSR count). The summed E-state index contributed by atoms with van der Waals surface area (Å²) < 4.78 is 7.22.